The molecule has 0 fully saturated rings. The molecule has 0 bridgehead atoms. The van der Waals surface area contributed by atoms with E-state index in [0.29, 0.717) is 10.7 Å². The highest BCUT2D eigenvalue weighted by molar-refractivity contribution is 7.13. The van der Waals surface area contributed by atoms with Crippen LogP contribution in [0.2, 0.25) is 0 Å². The van der Waals surface area contributed by atoms with Crippen molar-refractivity contribution in [3.8, 4) is 11.3 Å². The summed E-state index contributed by atoms with van der Waals surface area (Å²) < 4.78 is 0. The lowest BCUT2D eigenvalue weighted by atomic mass is 9.86. The molecule has 3 N–H and O–H groups in total. The van der Waals surface area contributed by atoms with E-state index in [1.165, 1.54) is 22.5 Å². The normalized spacial score (nSPS) is 15.6. The number of H-pyrrole nitrogens is 1. The Morgan fingerprint density at radius 3 is 2.79 bits per heavy atom. The van der Waals surface area contributed by atoms with E-state index in [9.17, 15) is 4.79 Å². The van der Waals surface area contributed by atoms with Crippen LogP contribution in [0.5, 0.6) is 0 Å². The number of carbonyl (C=O) groups is 1. The molecule has 1 unspecified atom stereocenters. The van der Waals surface area contributed by atoms with E-state index in [0.717, 1.165) is 41.2 Å². The number of hydrogen-bond donors (Lipinski definition) is 3. The summed E-state index contributed by atoms with van der Waals surface area (Å²) in [6.45, 7) is 6.32. The first kappa shape index (κ1) is 22.2. The van der Waals surface area contributed by atoms with E-state index in [1.54, 1.807) is 24.9 Å². The van der Waals surface area contributed by atoms with Gasteiger partial charge in [0, 0.05) is 23.2 Å². The van der Waals surface area contributed by atoms with Crippen molar-refractivity contribution in [2.75, 3.05) is 5.32 Å². The van der Waals surface area contributed by atoms with Crippen molar-refractivity contribution in [2.45, 2.75) is 51.5 Å². The van der Waals surface area contributed by atoms with Gasteiger partial charge in [-0.3, -0.25) is 9.89 Å². The quantitative estimate of drug-likeness (QED) is 0.369. The fourth-order valence-corrected chi connectivity index (χ4v) is 5.01. The maximum atomic E-state index is 12.9. The van der Waals surface area contributed by atoms with Crippen LogP contribution in [0.1, 0.15) is 65.5 Å². The third kappa shape index (κ3) is 4.70. The van der Waals surface area contributed by atoms with Gasteiger partial charge in [0.1, 0.15) is 17.0 Å². The number of nitrogens with one attached hydrogen (secondary N) is 3. The maximum Gasteiger partial charge on any atom is 0.263 e. The van der Waals surface area contributed by atoms with Gasteiger partial charge in [0.05, 0.1) is 34.8 Å². The molecule has 34 heavy (non-hydrogen) atoms. The van der Waals surface area contributed by atoms with Crippen LogP contribution in [0.4, 0.5) is 11.5 Å². The van der Waals surface area contributed by atoms with Gasteiger partial charge in [-0.05, 0) is 36.5 Å². The molecule has 174 valence electrons. The SMILES string of the molecule is CC(C)(C)c1ncc(C(=O)NC2CCCc3cc(-c4cc(Nc5cn[nH]c5)ncn4)ccc32)s1. The Labute approximate surface area is 202 Å². The van der Waals surface area contributed by atoms with Crippen LogP contribution in [0.15, 0.2) is 49.2 Å². The molecular weight excluding hydrogens is 446 g/mol. The monoisotopic (exact) mass is 473 g/mol. The second kappa shape index (κ2) is 8.98. The molecule has 0 saturated carbocycles. The van der Waals surface area contributed by atoms with Crippen LogP contribution in [0.25, 0.3) is 11.3 Å². The van der Waals surface area contributed by atoms with E-state index in [4.69, 9.17) is 0 Å². The van der Waals surface area contributed by atoms with Crippen molar-refractivity contribution >= 4 is 28.7 Å². The maximum absolute atomic E-state index is 12.9. The van der Waals surface area contributed by atoms with Crippen molar-refractivity contribution in [1.29, 1.82) is 0 Å². The summed E-state index contributed by atoms with van der Waals surface area (Å²) >= 11 is 1.47. The minimum atomic E-state index is -0.0636. The largest absolute Gasteiger partial charge is 0.344 e. The van der Waals surface area contributed by atoms with Crippen molar-refractivity contribution in [2.24, 2.45) is 0 Å². The van der Waals surface area contributed by atoms with Crippen molar-refractivity contribution in [3.05, 3.63) is 70.2 Å². The first-order chi connectivity index (χ1) is 16.4. The van der Waals surface area contributed by atoms with Gasteiger partial charge in [0.25, 0.3) is 5.91 Å². The topological polar surface area (TPSA) is 108 Å². The van der Waals surface area contributed by atoms with E-state index in [1.807, 2.05) is 6.07 Å². The minimum Gasteiger partial charge on any atom is -0.344 e. The van der Waals surface area contributed by atoms with Crippen molar-refractivity contribution < 1.29 is 4.79 Å². The van der Waals surface area contributed by atoms with Gasteiger partial charge in [-0.25, -0.2) is 15.0 Å². The second-order valence-electron chi connectivity index (χ2n) is 9.51. The van der Waals surface area contributed by atoms with Gasteiger partial charge in [-0.1, -0.05) is 32.9 Å². The van der Waals surface area contributed by atoms with E-state index >= 15 is 0 Å². The van der Waals surface area contributed by atoms with Crippen LogP contribution in [0, 0.1) is 0 Å². The average Bonchev–Trinajstić information content (AvgIpc) is 3.51. The summed E-state index contributed by atoms with van der Waals surface area (Å²) in [7, 11) is 0. The standard InChI is InChI=1S/C25H27N7OS/c1-25(2,3)24-26-13-21(34-24)23(33)32-19-6-4-5-15-9-16(7-8-18(15)19)20-10-22(28-14-27-20)31-17-11-29-30-12-17/h7-14,19H,4-6H2,1-3H3,(H,29,30)(H,32,33)(H,27,28,31). The molecule has 9 heteroatoms. The Bertz CT molecular complexity index is 1310. The Morgan fingerprint density at radius 1 is 1.15 bits per heavy atom. The van der Waals surface area contributed by atoms with Crippen LogP contribution in [0.3, 0.4) is 0 Å². The molecule has 8 nitrogen and oxygen atoms in total. The van der Waals surface area contributed by atoms with Gasteiger partial charge in [0.2, 0.25) is 0 Å². The van der Waals surface area contributed by atoms with E-state index < -0.39 is 0 Å². The number of aryl methyl sites for hydroxylation is 1. The molecule has 1 amide bonds. The number of hydrogen-bond acceptors (Lipinski definition) is 7. The number of amides is 1. The Morgan fingerprint density at radius 2 is 2.03 bits per heavy atom. The third-order valence-corrected chi connectivity index (χ3v) is 7.29. The number of thiazole rings is 1. The molecule has 3 heterocycles. The number of nitrogens with zero attached hydrogens (tertiary/aromatic N) is 4. The number of carbonyl (C=O) groups excluding carboxylic acids is 1. The number of rotatable bonds is 5. The molecule has 0 radical (unpaired) electrons. The summed E-state index contributed by atoms with van der Waals surface area (Å²) in [5.41, 5.74) is 5.07. The molecule has 1 aliphatic rings. The summed E-state index contributed by atoms with van der Waals surface area (Å²) in [4.78, 5) is 26.8. The molecule has 0 saturated heterocycles. The fourth-order valence-electron chi connectivity index (χ4n) is 4.13. The Hall–Kier alpha value is -3.59. The van der Waals surface area contributed by atoms with Crippen LogP contribution < -0.4 is 10.6 Å². The van der Waals surface area contributed by atoms with Gasteiger partial charge < -0.3 is 10.6 Å². The molecule has 1 aliphatic carbocycles. The average molecular weight is 474 g/mol. The molecule has 1 aromatic carbocycles. The zero-order valence-corrected chi connectivity index (χ0v) is 20.2. The van der Waals surface area contributed by atoms with E-state index in [-0.39, 0.29) is 17.4 Å². The summed E-state index contributed by atoms with van der Waals surface area (Å²) in [5.74, 6) is 0.647. The first-order valence-corrected chi connectivity index (χ1v) is 12.2. The molecule has 0 aliphatic heterocycles. The molecule has 3 aromatic heterocycles. The number of fused-ring (bicyclic) bond motifs is 1. The van der Waals surface area contributed by atoms with Gasteiger partial charge in [0.15, 0.2) is 0 Å². The smallest absolute Gasteiger partial charge is 0.263 e. The van der Waals surface area contributed by atoms with Gasteiger partial charge in [-0.15, -0.1) is 11.3 Å². The zero-order valence-electron chi connectivity index (χ0n) is 19.4. The highest BCUT2D eigenvalue weighted by Gasteiger charge is 2.25. The Balaban J connectivity index is 1.34. The van der Waals surface area contributed by atoms with Crippen LogP contribution in [-0.2, 0) is 11.8 Å². The highest BCUT2D eigenvalue weighted by Crippen LogP contribution is 2.34. The molecular formula is C25H27N7OS. The molecule has 4 aromatic rings. The lowest BCUT2D eigenvalue weighted by molar-refractivity contribution is 0.0936. The molecule has 5 rings (SSSR count). The summed E-state index contributed by atoms with van der Waals surface area (Å²) in [6, 6.07) is 8.29. The summed E-state index contributed by atoms with van der Waals surface area (Å²) in [5, 5.41) is 14.1. The second-order valence-corrected chi connectivity index (χ2v) is 10.5. The molecule has 0 spiro atoms. The van der Waals surface area contributed by atoms with Crippen LogP contribution >= 0.6 is 11.3 Å². The predicted molar refractivity (Wildman–Crippen MR) is 133 cm³/mol. The highest BCUT2D eigenvalue weighted by atomic mass is 32.1. The van der Waals surface area contributed by atoms with Crippen molar-refractivity contribution in [1.82, 2.24) is 30.5 Å². The third-order valence-electron chi connectivity index (χ3n) is 5.87. The first-order valence-electron chi connectivity index (χ1n) is 11.3. The lowest BCUT2D eigenvalue weighted by Crippen LogP contribution is -2.30. The minimum absolute atomic E-state index is 0.00537. The summed E-state index contributed by atoms with van der Waals surface area (Å²) in [6.07, 6.45) is 9.65. The van der Waals surface area contributed by atoms with Crippen LogP contribution in [-0.4, -0.2) is 31.1 Å². The zero-order chi connectivity index (χ0) is 23.7. The molecule has 1 atom stereocenters. The fraction of sp³-hybridized carbons (Fsp3) is 0.320. The Kier molecular flexibility index (Phi) is 5.87. The number of aromatic nitrogens is 5. The van der Waals surface area contributed by atoms with Gasteiger partial charge >= 0.3 is 0 Å². The number of aromatic amines is 1. The number of benzene rings is 1. The number of anilines is 2. The predicted octanol–water partition coefficient (Wildman–Crippen LogP) is 5.17. The van der Waals surface area contributed by atoms with Gasteiger partial charge in [-0.2, -0.15) is 5.10 Å². The van der Waals surface area contributed by atoms with E-state index in [2.05, 4.69) is 74.8 Å². The lowest BCUT2D eigenvalue weighted by Gasteiger charge is -2.26. The van der Waals surface area contributed by atoms with Crippen molar-refractivity contribution in [3.63, 3.8) is 0 Å².